The Balaban J connectivity index is 1.18. The summed E-state index contributed by atoms with van der Waals surface area (Å²) >= 11 is 0. The minimum Gasteiger partial charge on any atom is -0.438 e. The molecule has 11 heteroatoms. The highest BCUT2D eigenvalue weighted by atomic mass is 19.1. The first-order valence-electron chi connectivity index (χ1n) is 14.4. The summed E-state index contributed by atoms with van der Waals surface area (Å²) < 4.78 is 26.1. The minimum atomic E-state index is -0.469. The number of halogens is 1. The molecule has 4 aromatic rings. The number of amides is 2. The van der Waals surface area contributed by atoms with Crippen LogP contribution in [-0.2, 0) is 9.53 Å². The monoisotopic (exact) mass is 584 g/mol. The van der Waals surface area contributed by atoms with E-state index in [9.17, 15) is 14.0 Å². The van der Waals surface area contributed by atoms with E-state index in [-0.39, 0.29) is 17.5 Å². The van der Waals surface area contributed by atoms with E-state index >= 15 is 0 Å². The lowest BCUT2D eigenvalue weighted by Crippen LogP contribution is -2.41. The van der Waals surface area contributed by atoms with Crippen molar-refractivity contribution in [1.29, 1.82) is 0 Å². The van der Waals surface area contributed by atoms with Crippen LogP contribution in [0.25, 0.3) is 10.8 Å². The largest absolute Gasteiger partial charge is 0.438 e. The molecular weight excluding hydrogens is 551 g/mol. The zero-order valence-electron chi connectivity index (χ0n) is 23.9. The molecule has 0 bridgehead atoms. The number of ether oxygens (including phenoxy) is 2. The molecule has 0 unspecified atom stereocenters. The molecule has 3 aromatic carbocycles. The van der Waals surface area contributed by atoms with Crippen LogP contribution < -0.4 is 20.3 Å². The summed E-state index contributed by atoms with van der Waals surface area (Å²) in [7, 11) is 0. The molecule has 0 saturated carbocycles. The Kier molecular flexibility index (Phi) is 8.32. The molecule has 2 N–H and O–H groups in total. The third kappa shape index (κ3) is 6.67. The lowest BCUT2D eigenvalue weighted by atomic mass is 10.1. The van der Waals surface area contributed by atoms with Crippen LogP contribution in [0.15, 0.2) is 66.9 Å². The predicted molar refractivity (Wildman–Crippen MR) is 162 cm³/mol. The first-order valence-corrected chi connectivity index (χ1v) is 14.4. The van der Waals surface area contributed by atoms with Gasteiger partial charge in [0, 0.05) is 79.1 Å². The molecule has 0 spiro atoms. The van der Waals surface area contributed by atoms with Gasteiger partial charge in [-0.25, -0.2) is 9.37 Å². The molecule has 3 heterocycles. The molecule has 2 fully saturated rings. The summed E-state index contributed by atoms with van der Waals surface area (Å²) in [6.45, 7) is 5.40. The Morgan fingerprint density at radius 1 is 0.977 bits per heavy atom. The topological polar surface area (TPSA) is 109 Å². The lowest BCUT2D eigenvalue weighted by molar-refractivity contribution is -0.129. The number of nitrogens with zero attached hydrogens (tertiary/aromatic N) is 4. The van der Waals surface area contributed by atoms with E-state index in [0.717, 1.165) is 23.6 Å². The van der Waals surface area contributed by atoms with Gasteiger partial charge in [-0.15, -0.1) is 0 Å². The number of anilines is 3. The van der Waals surface area contributed by atoms with Crippen molar-refractivity contribution in [3.05, 3.63) is 78.2 Å². The molecule has 0 radical (unpaired) electrons. The van der Waals surface area contributed by atoms with Crippen LogP contribution in [0, 0.1) is 5.82 Å². The minimum absolute atomic E-state index is 0.0924. The molecule has 43 heavy (non-hydrogen) atoms. The Morgan fingerprint density at radius 3 is 2.51 bits per heavy atom. The summed E-state index contributed by atoms with van der Waals surface area (Å²) in [5, 5.41) is 7.85. The van der Waals surface area contributed by atoms with Gasteiger partial charge in [0.15, 0.2) is 0 Å². The molecule has 6 rings (SSSR count). The van der Waals surface area contributed by atoms with E-state index < -0.39 is 11.7 Å². The first kappa shape index (κ1) is 28.4. The van der Waals surface area contributed by atoms with E-state index in [2.05, 4.69) is 20.6 Å². The normalized spacial score (nSPS) is 15.8. The highest BCUT2D eigenvalue weighted by Crippen LogP contribution is 2.34. The molecule has 0 atom stereocenters. The number of aromatic nitrogens is 2. The summed E-state index contributed by atoms with van der Waals surface area (Å²) in [5.74, 6) is 0.606. The second-order valence-electron chi connectivity index (χ2n) is 10.7. The lowest BCUT2D eigenvalue weighted by Gasteiger charge is -2.31. The molecule has 10 nitrogen and oxygen atoms in total. The fourth-order valence-electron chi connectivity index (χ4n) is 5.48. The van der Waals surface area contributed by atoms with E-state index in [1.807, 2.05) is 34.1 Å². The summed E-state index contributed by atoms with van der Waals surface area (Å²) in [6, 6.07) is 17.3. The van der Waals surface area contributed by atoms with Gasteiger partial charge in [-0.3, -0.25) is 9.59 Å². The number of carbonyl (C=O) groups excluding carboxylic acids is 2. The maximum absolute atomic E-state index is 14.5. The number of hydrogen-bond donors (Lipinski definition) is 2. The van der Waals surface area contributed by atoms with Gasteiger partial charge in [-0.05, 0) is 43.2 Å². The number of benzene rings is 3. The van der Waals surface area contributed by atoms with Crippen LogP contribution in [0.3, 0.4) is 0 Å². The SMILES string of the molecule is CC(=O)N1CCC(Nc2nccc(Oc3ccc(NC(=O)c4cc(F)cc(N5CCOCC5)c4)c4ccccc34)n2)CC1. The molecule has 2 amide bonds. The van der Waals surface area contributed by atoms with E-state index in [0.29, 0.717) is 68.3 Å². The summed E-state index contributed by atoms with van der Waals surface area (Å²) in [6.07, 6.45) is 3.27. The average Bonchev–Trinajstić information content (AvgIpc) is 3.03. The number of rotatable bonds is 7. The van der Waals surface area contributed by atoms with Crippen molar-refractivity contribution < 1.29 is 23.5 Å². The smallest absolute Gasteiger partial charge is 0.255 e. The van der Waals surface area contributed by atoms with E-state index in [1.165, 1.54) is 12.1 Å². The molecule has 2 saturated heterocycles. The van der Waals surface area contributed by atoms with Gasteiger partial charge in [-0.1, -0.05) is 24.3 Å². The Labute approximate surface area is 248 Å². The standard InChI is InChI=1S/C32H33FN6O4/c1-21(40)38-12-9-24(10-13-38)35-32-34-11-8-30(37-32)43-29-7-6-28(26-4-2-3-5-27(26)29)36-31(41)22-18-23(33)20-25(19-22)39-14-16-42-17-15-39/h2-8,11,18-20,24H,9-10,12-17H2,1H3,(H,36,41)(H,34,35,37). The number of nitrogens with one attached hydrogen (secondary N) is 2. The first-order chi connectivity index (χ1) is 20.9. The van der Waals surface area contributed by atoms with Gasteiger partial charge in [0.05, 0.1) is 13.2 Å². The number of piperidine rings is 1. The number of fused-ring (bicyclic) bond motifs is 1. The maximum atomic E-state index is 14.5. The van der Waals surface area contributed by atoms with E-state index in [1.54, 1.807) is 37.4 Å². The summed E-state index contributed by atoms with van der Waals surface area (Å²) in [5.41, 5.74) is 1.47. The average molecular weight is 585 g/mol. The molecular formula is C32H33FN6O4. The van der Waals surface area contributed by atoms with Crippen LogP contribution >= 0.6 is 0 Å². The van der Waals surface area contributed by atoms with Crippen LogP contribution in [0.1, 0.15) is 30.1 Å². The van der Waals surface area contributed by atoms with Crippen LogP contribution in [0.2, 0.25) is 0 Å². The maximum Gasteiger partial charge on any atom is 0.255 e. The van der Waals surface area contributed by atoms with Gasteiger partial charge < -0.3 is 29.9 Å². The zero-order chi connectivity index (χ0) is 29.8. The molecule has 0 aliphatic carbocycles. The number of carbonyl (C=O) groups is 2. The van der Waals surface area contributed by atoms with Crippen LogP contribution in [-0.4, -0.2) is 72.1 Å². The fraction of sp³-hybridized carbons (Fsp3) is 0.312. The third-order valence-corrected chi connectivity index (χ3v) is 7.77. The molecule has 2 aliphatic heterocycles. The van der Waals surface area contributed by atoms with Crippen molar-refractivity contribution in [1.82, 2.24) is 14.9 Å². The highest BCUT2D eigenvalue weighted by Gasteiger charge is 2.22. The third-order valence-electron chi connectivity index (χ3n) is 7.77. The van der Waals surface area contributed by atoms with Crippen molar-refractivity contribution in [3.63, 3.8) is 0 Å². The second-order valence-corrected chi connectivity index (χ2v) is 10.7. The van der Waals surface area contributed by atoms with Crippen molar-refractivity contribution in [2.75, 3.05) is 54.9 Å². The second kappa shape index (κ2) is 12.6. The zero-order valence-corrected chi connectivity index (χ0v) is 23.9. The van der Waals surface area contributed by atoms with Crippen LogP contribution in [0.4, 0.5) is 21.7 Å². The Morgan fingerprint density at radius 2 is 1.74 bits per heavy atom. The van der Waals surface area contributed by atoms with Gasteiger partial charge in [0.2, 0.25) is 17.7 Å². The van der Waals surface area contributed by atoms with Crippen molar-refractivity contribution in [2.24, 2.45) is 0 Å². The van der Waals surface area contributed by atoms with Gasteiger partial charge >= 0.3 is 0 Å². The fourth-order valence-corrected chi connectivity index (χ4v) is 5.48. The molecule has 222 valence electrons. The number of hydrogen-bond acceptors (Lipinski definition) is 8. The number of morpholine rings is 1. The van der Waals surface area contributed by atoms with Gasteiger partial charge in [0.25, 0.3) is 5.91 Å². The predicted octanol–water partition coefficient (Wildman–Crippen LogP) is 5.07. The van der Waals surface area contributed by atoms with Crippen molar-refractivity contribution in [3.8, 4) is 11.6 Å². The van der Waals surface area contributed by atoms with Crippen molar-refractivity contribution in [2.45, 2.75) is 25.8 Å². The number of likely N-dealkylation sites (tertiary alicyclic amines) is 1. The van der Waals surface area contributed by atoms with Gasteiger partial charge in [0.1, 0.15) is 11.6 Å². The van der Waals surface area contributed by atoms with Crippen molar-refractivity contribution >= 4 is 39.9 Å². The Bertz CT molecular complexity index is 1640. The molecule has 1 aromatic heterocycles. The van der Waals surface area contributed by atoms with Crippen LogP contribution in [0.5, 0.6) is 11.6 Å². The van der Waals surface area contributed by atoms with Gasteiger partial charge in [-0.2, -0.15) is 4.98 Å². The molecule has 2 aliphatic rings. The highest BCUT2D eigenvalue weighted by molar-refractivity contribution is 6.10. The van der Waals surface area contributed by atoms with E-state index in [4.69, 9.17) is 9.47 Å². The Hall–Kier alpha value is -4.77. The quantitative estimate of drug-likeness (QED) is 0.310. The summed E-state index contributed by atoms with van der Waals surface area (Å²) in [4.78, 5) is 37.6.